The van der Waals surface area contributed by atoms with Crippen LogP contribution in [0.2, 0.25) is 0 Å². The van der Waals surface area contributed by atoms with Crippen molar-refractivity contribution in [2.24, 2.45) is 5.41 Å². The van der Waals surface area contributed by atoms with Crippen LogP contribution in [0, 0.1) is 16.7 Å². The Balaban J connectivity index is 1.12. The van der Waals surface area contributed by atoms with Gasteiger partial charge >= 0.3 is 0 Å². The predicted molar refractivity (Wildman–Crippen MR) is 172 cm³/mol. The zero-order valence-electron chi connectivity index (χ0n) is 24.7. The van der Waals surface area contributed by atoms with Gasteiger partial charge in [0.1, 0.15) is 23.2 Å². The molecule has 218 valence electrons. The van der Waals surface area contributed by atoms with Crippen LogP contribution in [0.4, 0.5) is 11.6 Å². The number of benzene rings is 1. The van der Waals surface area contributed by atoms with Crippen molar-refractivity contribution >= 4 is 28.4 Å². The van der Waals surface area contributed by atoms with Crippen molar-refractivity contribution in [1.82, 2.24) is 34.4 Å². The zero-order valence-corrected chi connectivity index (χ0v) is 24.7. The van der Waals surface area contributed by atoms with Gasteiger partial charge < -0.3 is 10.6 Å². The van der Waals surface area contributed by atoms with Gasteiger partial charge in [0.25, 0.3) is 0 Å². The van der Waals surface area contributed by atoms with E-state index >= 15 is 0 Å². The largest absolute Gasteiger partial charge is 0.383 e. The summed E-state index contributed by atoms with van der Waals surface area (Å²) in [5, 5.41) is 9.10. The lowest BCUT2D eigenvalue weighted by Crippen LogP contribution is -2.72. The lowest BCUT2D eigenvalue weighted by Gasteiger charge is -2.60. The zero-order chi connectivity index (χ0) is 30.3. The molecule has 6 heterocycles. The SMILES string of the molecule is C/C=C\C(=C/C)c1ccc2nc(-c3cccnc3N)n(-c3ccc(CN4CC5(C4)CN(c4ccnc(C#N)n4)C5)cc3)c2n1. The first kappa shape index (κ1) is 27.4. The number of nitrogen functional groups attached to an aromatic ring is 1. The number of pyridine rings is 2. The number of aromatic nitrogens is 6. The molecule has 0 atom stereocenters. The summed E-state index contributed by atoms with van der Waals surface area (Å²) in [6, 6.07) is 20.4. The fraction of sp³-hybridized carbons (Fsp3) is 0.235. The molecule has 0 bridgehead atoms. The average Bonchev–Trinajstić information content (AvgIpc) is 3.39. The molecular formula is C34H32N10. The normalized spacial score (nSPS) is 16.3. The fourth-order valence-electron chi connectivity index (χ4n) is 6.39. The lowest BCUT2D eigenvalue weighted by molar-refractivity contribution is -0.0276. The van der Waals surface area contributed by atoms with E-state index in [1.54, 1.807) is 12.4 Å². The maximum absolute atomic E-state index is 9.10. The molecule has 2 fully saturated rings. The number of nitrogens with zero attached hydrogens (tertiary/aromatic N) is 9. The second-order valence-electron chi connectivity index (χ2n) is 11.5. The second kappa shape index (κ2) is 11.0. The first-order valence-electron chi connectivity index (χ1n) is 14.7. The first-order valence-corrected chi connectivity index (χ1v) is 14.7. The van der Waals surface area contributed by atoms with Crippen LogP contribution < -0.4 is 10.6 Å². The minimum absolute atomic E-state index is 0.217. The standard InChI is InChI=1S/C34H32N10/c1-3-6-24(4-2)27-12-13-28-33(39-27)44(32(40-28)26-7-5-15-38-31(26)36)25-10-8-23(9-11-25)18-42-19-34(20-42)21-43(22-34)30-14-16-37-29(17-35)41-30/h3-16H,18-22H2,1-2H3,(H2,36,38)/b6-3-,24-4+. The molecule has 2 aliphatic heterocycles. The van der Waals surface area contributed by atoms with Crippen LogP contribution in [0.1, 0.15) is 30.9 Å². The third-order valence-corrected chi connectivity index (χ3v) is 8.37. The van der Waals surface area contributed by atoms with Gasteiger partial charge in [-0.05, 0) is 67.4 Å². The van der Waals surface area contributed by atoms with Gasteiger partial charge in [-0.2, -0.15) is 5.26 Å². The highest BCUT2D eigenvalue weighted by Crippen LogP contribution is 2.42. The highest BCUT2D eigenvalue weighted by Gasteiger charge is 2.51. The van der Waals surface area contributed by atoms with E-state index in [9.17, 15) is 0 Å². The predicted octanol–water partition coefficient (Wildman–Crippen LogP) is 5.03. The maximum Gasteiger partial charge on any atom is 0.234 e. The summed E-state index contributed by atoms with van der Waals surface area (Å²) in [5.41, 5.74) is 13.1. The summed E-state index contributed by atoms with van der Waals surface area (Å²) < 4.78 is 2.07. The van der Waals surface area contributed by atoms with Crippen LogP contribution in [0.15, 0.2) is 85.2 Å². The van der Waals surface area contributed by atoms with Crippen molar-refractivity contribution in [3.8, 4) is 23.1 Å². The van der Waals surface area contributed by atoms with Crippen molar-refractivity contribution in [3.63, 3.8) is 0 Å². The first-order chi connectivity index (χ1) is 21.5. The van der Waals surface area contributed by atoms with Gasteiger partial charge in [0.15, 0.2) is 11.5 Å². The number of likely N-dealkylation sites (tertiary alicyclic amines) is 1. The molecule has 2 N–H and O–H groups in total. The van der Waals surface area contributed by atoms with Gasteiger partial charge in [0.2, 0.25) is 5.82 Å². The molecule has 4 aromatic heterocycles. The van der Waals surface area contributed by atoms with Crippen molar-refractivity contribution in [2.45, 2.75) is 20.4 Å². The third-order valence-electron chi connectivity index (χ3n) is 8.37. The monoisotopic (exact) mass is 580 g/mol. The van der Waals surface area contributed by atoms with Crippen molar-refractivity contribution in [3.05, 3.63) is 102 Å². The van der Waals surface area contributed by atoms with Crippen LogP contribution in [0.5, 0.6) is 0 Å². The van der Waals surface area contributed by atoms with Gasteiger partial charge in [0, 0.05) is 56.2 Å². The Morgan fingerprint density at radius 3 is 2.50 bits per heavy atom. The minimum atomic E-state index is 0.217. The molecule has 7 rings (SSSR count). The van der Waals surface area contributed by atoms with Gasteiger partial charge in [-0.1, -0.05) is 30.4 Å². The van der Waals surface area contributed by atoms with Crippen LogP contribution in [-0.4, -0.2) is 60.6 Å². The molecule has 5 aromatic rings. The fourth-order valence-corrected chi connectivity index (χ4v) is 6.39. The van der Waals surface area contributed by atoms with Crippen LogP contribution in [-0.2, 0) is 6.54 Å². The van der Waals surface area contributed by atoms with Crippen LogP contribution in [0.25, 0.3) is 33.8 Å². The molecule has 0 radical (unpaired) electrons. The van der Waals surface area contributed by atoms with Gasteiger partial charge in [-0.3, -0.25) is 9.47 Å². The minimum Gasteiger partial charge on any atom is -0.383 e. The van der Waals surface area contributed by atoms with Gasteiger partial charge in [-0.25, -0.2) is 24.9 Å². The Kier molecular flexibility index (Phi) is 6.87. The van der Waals surface area contributed by atoms with E-state index in [0.29, 0.717) is 17.1 Å². The molecule has 1 spiro atoms. The molecule has 2 saturated heterocycles. The summed E-state index contributed by atoms with van der Waals surface area (Å²) in [7, 11) is 0. The molecule has 2 aliphatic rings. The molecule has 44 heavy (non-hydrogen) atoms. The van der Waals surface area contributed by atoms with Crippen LogP contribution >= 0.6 is 0 Å². The van der Waals surface area contributed by atoms with E-state index in [1.165, 1.54) is 5.56 Å². The third kappa shape index (κ3) is 4.87. The number of rotatable bonds is 7. The molecule has 10 nitrogen and oxygen atoms in total. The number of imidazole rings is 1. The Morgan fingerprint density at radius 1 is 0.955 bits per heavy atom. The summed E-state index contributed by atoms with van der Waals surface area (Å²) in [6.07, 6.45) is 9.48. The summed E-state index contributed by atoms with van der Waals surface area (Å²) in [6.45, 7) is 8.91. The number of anilines is 2. The van der Waals surface area contributed by atoms with Crippen molar-refractivity contribution in [2.75, 3.05) is 36.8 Å². The Labute approximate surface area is 255 Å². The molecule has 10 heteroatoms. The molecule has 1 aromatic carbocycles. The van der Waals surface area contributed by atoms with Crippen molar-refractivity contribution < 1.29 is 0 Å². The molecule has 0 amide bonds. The number of fused-ring (bicyclic) bond motifs is 1. The second-order valence-corrected chi connectivity index (χ2v) is 11.5. The van der Waals surface area contributed by atoms with Gasteiger partial charge in [0.05, 0.1) is 11.3 Å². The number of hydrogen-bond acceptors (Lipinski definition) is 9. The highest BCUT2D eigenvalue weighted by atomic mass is 15.3. The topological polar surface area (TPSA) is 126 Å². The Bertz CT molecular complexity index is 1950. The van der Waals surface area contributed by atoms with Gasteiger partial charge in [-0.15, -0.1) is 0 Å². The number of allylic oxidation sites excluding steroid dienone is 4. The van der Waals surface area contributed by atoms with Crippen LogP contribution in [0.3, 0.4) is 0 Å². The van der Waals surface area contributed by atoms with Crippen molar-refractivity contribution in [1.29, 1.82) is 5.26 Å². The number of hydrogen-bond donors (Lipinski definition) is 1. The molecule has 0 unspecified atom stereocenters. The van der Waals surface area contributed by atoms with E-state index in [4.69, 9.17) is 21.0 Å². The van der Waals surface area contributed by atoms with E-state index < -0.39 is 0 Å². The van der Waals surface area contributed by atoms with E-state index in [1.807, 2.05) is 56.3 Å². The van der Waals surface area contributed by atoms with E-state index in [2.05, 4.69) is 65.7 Å². The smallest absolute Gasteiger partial charge is 0.234 e. The summed E-state index contributed by atoms with van der Waals surface area (Å²) >= 11 is 0. The molecule has 0 aliphatic carbocycles. The molecule has 0 saturated carbocycles. The number of nitrogens with two attached hydrogens (primary N) is 1. The Morgan fingerprint density at radius 2 is 1.77 bits per heavy atom. The quantitative estimate of drug-likeness (QED) is 0.264. The summed E-state index contributed by atoms with van der Waals surface area (Å²) in [5.74, 6) is 2.19. The highest BCUT2D eigenvalue weighted by molar-refractivity contribution is 5.85. The van der Waals surface area contributed by atoms with E-state index in [0.717, 1.165) is 72.2 Å². The average molecular weight is 581 g/mol. The lowest BCUT2D eigenvalue weighted by atomic mass is 9.72. The summed E-state index contributed by atoms with van der Waals surface area (Å²) in [4.78, 5) is 27.4. The molecular weight excluding hydrogens is 548 g/mol. The van der Waals surface area contributed by atoms with E-state index in [-0.39, 0.29) is 5.82 Å². The number of nitriles is 1. The maximum atomic E-state index is 9.10. The Hall–Kier alpha value is -5.40.